The summed E-state index contributed by atoms with van der Waals surface area (Å²) in [7, 11) is 0. The maximum atomic E-state index is 6.46. The average Bonchev–Trinajstić information content (AvgIpc) is 3.02. The Bertz CT molecular complexity index is 606. The third kappa shape index (κ3) is 2.24. The van der Waals surface area contributed by atoms with E-state index in [2.05, 4.69) is 43.5 Å². The van der Waals surface area contributed by atoms with Crippen LogP contribution < -0.4 is 5.73 Å². The van der Waals surface area contributed by atoms with Crippen LogP contribution >= 0.6 is 0 Å². The zero-order valence-electron chi connectivity index (χ0n) is 12.8. The maximum absolute atomic E-state index is 6.46. The summed E-state index contributed by atoms with van der Waals surface area (Å²) in [5.41, 5.74) is 10.0. The Morgan fingerprint density at radius 1 is 1.25 bits per heavy atom. The van der Waals surface area contributed by atoms with E-state index in [0.29, 0.717) is 12.0 Å². The molecule has 0 bridgehead atoms. The predicted molar refractivity (Wildman–Crippen MR) is 83.7 cm³/mol. The number of hydrogen-bond acceptors (Lipinski definition) is 2. The van der Waals surface area contributed by atoms with Gasteiger partial charge in [0.25, 0.3) is 0 Å². The first-order chi connectivity index (χ1) is 9.58. The number of benzene rings is 1. The molecule has 1 atom stereocenters. The first-order valence-electron chi connectivity index (χ1n) is 7.82. The van der Waals surface area contributed by atoms with Gasteiger partial charge >= 0.3 is 0 Å². The van der Waals surface area contributed by atoms with Crippen LogP contribution in [0.3, 0.4) is 0 Å². The molecular weight excluding hydrogens is 246 g/mol. The fraction of sp³-hybridized carbons (Fsp3) is 0.588. The van der Waals surface area contributed by atoms with E-state index >= 15 is 0 Å². The minimum absolute atomic E-state index is 0.173. The molecule has 1 aromatic heterocycles. The molecule has 1 aromatic carbocycles. The van der Waals surface area contributed by atoms with E-state index in [0.717, 1.165) is 11.3 Å². The van der Waals surface area contributed by atoms with E-state index in [-0.39, 0.29) is 6.04 Å². The Labute approximate surface area is 121 Å². The predicted octanol–water partition coefficient (Wildman–Crippen LogP) is 4.12. The van der Waals surface area contributed by atoms with Crippen LogP contribution in [0.15, 0.2) is 18.2 Å². The van der Waals surface area contributed by atoms with Gasteiger partial charge in [-0.1, -0.05) is 18.9 Å². The van der Waals surface area contributed by atoms with Crippen molar-refractivity contribution in [1.82, 2.24) is 9.55 Å². The van der Waals surface area contributed by atoms with Crippen molar-refractivity contribution in [2.75, 3.05) is 0 Å². The van der Waals surface area contributed by atoms with Crippen LogP contribution in [0.25, 0.3) is 11.0 Å². The summed E-state index contributed by atoms with van der Waals surface area (Å²) in [5.74, 6) is 1.74. The number of rotatable bonds is 3. The van der Waals surface area contributed by atoms with Gasteiger partial charge in [0.1, 0.15) is 5.82 Å². The van der Waals surface area contributed by atoms with Crippen LogP contribution in [-0.4, -0.2) is 9.55 Å². The van der Waals surface area contributed by atoms with E-state index in [1.807, 2.05) is 0 Å². The van der Waals surface area contributed by atoms with Gasteiger partial charge in [0.2, 0.25) is 0 Å². The highest BCUT2D eigenvalue weighted by Crippen LogP contribution is 2.35. The normalized spacial score (nSPS) is 18.2. The van der Waals surface area contributed by atoms with Crippen molar-refractivity contribution >= 4 is 11.0 Å². The fourth-order valence-electron chi connectivity index (χ4n) is 3.68. The lowest BCUT2D eigenvalue weighted by molar-refractivity contribution is 0.445. The lowest BCUT2D eigenvalue weighted by atomic mass is 9.92. The molecule has 0 saturated heterocycles. The SMILES string of the molecule is Cc1nc2cc(C(N)C3CCCC3)ccc2n1C(C)C. The Morgan fingerprint density at radius 2 is 1.95 bits per heavy atom. The number of hydrogen-bond donors (Lipinski definition) is 1. The minimum atomic E-state index is 0.173. The van der Waals surface area contributed by atoms with Gasteiger partial charge in [-0.3, -0.25) is 0 Å². The number of fused-ring (bicyclic) bond motifs is 1. The standard InChI is InChI=1S/C17H25N3/c1-11(2)20-12(3)19-15-10-14(8-9-16(15)20)17(18)13-6-4-5-7-13/h8-11,13,17H,4-7,18H2,1-3H3. The van der Waals surface area contributed by atoms with Crippen molar-refractivity contribution in [1.29, 1.82) is 0 Å². The highest BCUT2D eigenvalue weighted by atomic mass is 15.1. The molecule has 3 heteroatoms. The average molecular weight is 271 g/mol. The fourth-order valence-corrected chi connectivity index (χ4v) is 3.68. The van der Waals surface area contributed by atoms with E-state index in [1.165, 1.54) is 36.8 Å². The molecule has 3 rings (SSSR count). The largest absolute Gasteiger partial charge is 0.326 e. The van der Waals surface area contributed by atoms with Gasteiger partial charge in [0.15, 0.2) is 0 Å². The number of aryl methyl sites for hydroxylation is 1. The molecule has 0 radical (unpaired) electrons. The molecular formula is C17H25N3. The number of nitrogens with two attached hydrogens (primary N) is 1. The maximum Gasteiger partial charge on any atom is 0.106 e. The van der Waals surface area contributed by atoms with E-state index in [1.54, 1.807) is 0 Å². The van der Waals surface area contributed by atoms with Crippen molar-refractivity contribution in [3.05, 3.63) is 29.6 Å². The summed E-state index contributed by atoms with van der Waals surface area (Å²) in [5, 5.41) is 0. The van der Waals surface area contributed by atoms with Gasteiger partial charge in [-0.15, -0.1) is 0 Å². The van der Waals surface area contributed by atoms with Gasteiger partial charge < -0.3 is 10.3 Å². The molecule has 1 fully saturated rings. The highest BCUT2D eigenvalue weighted by Gasteiger charge is 2.23. The molecule has 2 aromatic rings. The van der Waals surface area contributed by atoms with Crippen LogP contribution in [0.2, 0.25) is 0 Å². The molecule has 0 amide bonds. The van der Waals surface area contributed by atoms with Gasteiger partial charge in [-0.05, 0) is 57.2 Å². The van der Waals surface area contributed by atoms with Crippen molar-refractivity contribution in [3.63, 3.8) is 0 Å². The zero-order chi connectivity index (χ0) is 14.3. The molecule has 1 saturated carbocycles. The first-order valence-corrected chi connectivity index (χ1v) is 7.82. The summed E-state index contributed by atoms with van der Waals surface area (Å²) in [6, 6.07) is 7.20. The van der Waals surface area contributed by atoms with E-state index in [9.17, 15) is 0 Å². The third-order valence-electron chi connectivity index (χ3n) is 4.70. The highest BCUT2D eigenvalue weighted by molar-refractivity contribution is 5.77. The Kier molecular flexibility index (Phi) is 3.55. The van der Waals surface area contributed by atoms with Crippen LogP contribution in [-0.2, 0) is 0 Å². The number of imidazole rings is 1. The van der Waals surface area contributed by atoms with Gasteiger partial charge in [0, 0.05) is 12.1 Å². The lowest BCUT2D eigenvalue weighted by Crippen LogP contribution is -2.19. The molecule has 1 unspecified atom stereocenters. The van der Waals surface area contributed by atoms with Crippen molar-refractivity contribution in [2.45, 2.75) is 58.5 Å². The topological polar surface area (TPSA) is 43.8 Å². The van der Waals surface area contributed by atoms with Crippen molar-refractivity contribution in [2.24, 2.45) is 11.7 Å². The monoisotopic (exact) mass is 271 g/mol. The molecule has 3 nitrogen and oxygen atoms in total. The lowest BCUT2D eigenvalue weighted by Gasteiger charge is -2.19. The van der Waals surface area contributed by atoms with Gasteiger partial charge in [0.05, 0.1) is 11.0 Å². The molecule has 2 N–H and O–H groups in total. The number of nitrogens with zero attached hydrogens (tertiary/aromatic N) is 2. The summed E-state index contributed by atoms with van der Waals surface area (Å²) in [4.78, 5) is 4.71. The van der Waals surface area contributed by atoms with Crippen LogP contribution in [0.5, 0.6) is 0 Å². The minimum Gasteiger partial charge on any atom is -0.326 e. The Balaban J connectivity index is 1.98. The van der Waals surface area contributed by atoms with E-state index < -0.39 is 0 Å². The van der Waals surface area contributed by atoms with Crippen LogP contribution in [0.1, 0.15) is 63.0 Å². The smallest absolute Gasteiger partial charge is 0.106 e. The van der Waals surface area contributed by atoms with E-state index in [4.69, 9.17) is 10.7 Å². The Morgan fingerprint density at radius 3 is 2.60 bits per heavy atom. The molecule has 1 aliphatic carbocycles. The second-order valence-corrected chi connectivity index (χ2v) is 6.44. The van der Waals surface area contributed by atoms with Crippen LogP contribution in [0.4, 0.5) is 0 Å². The first kappa shape index (κ1) is 13.6. The van der Waals surface area contributed by atoms with Gasteiger partial charge in [-0.2, -0.15) is 0 Å². The summed E-state index contributed by atoms with van der Waals surface area (Å²) in [6.45, 7) is 6.48. The van der Waals surface area contributed by atoms with Crippen molar-refractivity contribution < 1.29 is 0 Å². The molecule has 1 aliphatic rings. The zero-order valence-corrected chi connectivity index (χ0v) is 12.8. The summed E-state index contributed by atoms with van der Waals surface area (Å²) < 4.78 is 2.29. The third-order valence-corrected chi connectivity index (χ3v) is 4.70. The summed E-state index contributed by atoms with van der Waals surface area (Å²) >= 11 is 0. The molecule has 0 aliphatic heterocycles. The van der Waals surface area contributed by atoms with Gasteiger partial charge in [-0.25, -0.2) is 4.98 Å². The summed E-state index contributed by atoms with van der Waals surface area (Å²) in [6.07, 6.45) is 5.22. The Hall–Kier alpha value is -1.35. The molecule has 20 heavy (non-hydrogen) atoms. The second kappa shape index (κ2) is 5.21. The molecule has 108 valence electrons. The quantitative estimate of drug-likeness (QED) is 0.912. The molecule has 1 heterocycles. The second-order valence-electron chi connectivity index (χ2n) is 6.44. The number of aromatic nitrogens is 2. The molecule has 0 spiro atoms. The van der Waals surface area contributed by atoms with Crippen LogP contribution in [0, 0.1) is 12.8 Å². The van der Waals surface area contributed by atoms with Crippen molar-refractivity contribution in [3.8, 4) is 0 Å².